The van der Waals surface area contributed by atoms with E-state index in [0.717, 1.165) is 29.8 Å². The van der Waals surface area contributed by atoms with E-state index in [2.05, 4.69) is 25.3 Å². The molecule has 6 aromatic rings. The molecule has 4 aromatic heterocycles. The van der Waals surface area contributed by atoms with Gasteiger partial charge in [0, 0.05) is 73.3 Å². The average Bonchev–Trinajstić information content (AvgIpc) is 3.84. The van der Waals surface area contributed by atoms with Gasteiger partial charge >= 0.3 is 71.2 Å². The van der Waals surface area contributed by atoms with Crippen molar-refractivity contribution in [2.24, 2.45) is 10.2 Å². The average molecular weight is 981 g/mol. The number of rotatable bonds is 12. The van der Waals surface area contributed by atoms with Crippen molar-refractivity contribution in [3.8, 4) is 0 Å². The van der Waals surface area contributed by atoms with Crippen LogP contribution in [-0.2, 0) is 34.5 Å². The molecule has 0 saturated carbocycles. The molecule has 0 unspecified atom stereocenters. The molecule has 0 bridgehead atoms. The molecule has 31 heteroatoms. The molecule has 4 heterocycles. The number of anilines is 2. The Kier molecular flexibility index (Phi) is 19.9. The van der Waals surface area contributed by atoms with E-state index >= 15 is 0 Å². The molecule has 6 rings (SSSR count). The van der Waals surface area contributed by atoms with E-state index in [-0.39, 0.29) is 105 Å². The van der Waals surface area contributed by atoms with Crippen LogP contribution >= 0.6 is 0 Å². The largest absolute Gasteiger partial charge is 1.00 e. The van der Waals surface area contributed by atoms with Gasteiger partial charge in [0.25, 0.3) is 37.9 Å². The molecule has 0 aliphatic carbocycles. The number of aromatic nitrogens is 4. The van der Waals surface area contributed by atoms with Crippen molar-refractivity contribution in [1.82, 2.24) is 28.1 Å². The van der Waals surface area contributed by atoms with Crippen LogP contribution in [0.5, 0.6) is 0 Å². The molecular weight excluding hydrogens is 948 g/mol. The predicted molar refractivity (Wildman–Crippen MR) is 218 cm³/mol. The number of fused-ring (bicyclic) bond motifs is 2. The molecule has 340 valence electrons. The van der Waals surface area contributed by atoms with Crippen molar-refractivity contribution < 1.29 is 120 Å². The molecule has 0 aliphatic heterocycles. The Morgan fingerprint density at radius 2 is 1.21 bits per heavy atom. The Morgan fingerprint density at radius 3 is 1.61 bits per heavy atom. The van der Waals surface area contributed by atoms with E-state index in [0.29, 0.717) is 26.7 Å². The summed E-state index contributed by atoms with van der Waals surface area (Å²) in [5.41, 5.74) is 7.76. The van der Waals surface area contributed by atoms with E-state index in [4.69, 9.17) is 15.8 Å². The number of benzene rings is 2. The van der Waals surface area contributed by atoms with Crippen molar-refractivity contribution in [2.45, 2.75) is 29.8 Å². The summed E-state index contributed by atoms with van der Waals surface area (Å²) < 4.78 is 92.8. The number of amides is 1. The third-order valence-corrected chi connectivity index (χ3v) is 12.0. The minimum Gasteiger partial charge on any atom is -1.00 e. The van der Waals surface area contributed by atoms with Gasteiger partial charge in [-0.3, -0.25) is 29.8 Å². The van der Waals surface area contributed by atoms with E-state index < -0.39 is 47.7 Å². The second-order valence-corrected chi connectivity index (χ2v) is 16.5. The molecular formula is C35H33F3N12Na2O12S2. The Morgan fingerprint density at radius 1 is 0.803 bits per heavy atom. The van der Waals surface area contributed by atoms with Gasteiger partial charge in [0.1, 0.15) is 0 Å². The fourth-order valence-corrected chi connectivity index (χ4v) is 7.55. The van der Waals surface area contributed by atoms with Gasteiger partial charge in [0.2, 0.25) is 0 Å². The van der Waals surface area contributed by atoms with Crippen LogP contribution in [0.15, 0.2) is 105 Å². The van der Waals surface area contributed by atoms with E-state index in [1.54, 1.807) is 35.1 Å². The molecule has 0 radical (unpaired) electrons. The minimum absolute atomic E-state index is 0. The number of hydrazone groups is 2. The number of carbonyl (C=O) groups is 2. The van der Waals surface area contributed by atoms with E-state index in [1.165, 1.54) is 79.7 Å². The molecule has 66 heavy (non-hydrogen) atoms. The van der Waals surface area contributed by atoms with Crippen LogP contribution in [0.25, 0.3) is 11.0 Å². The first-order valence-corrected chi connectivity index (χ1v) is 20.2. The number of hydrogen-bond donors (Lipinski definition) is 2. The van der Waals surface area contributed by atoms with E-state index in [1.807, 2.05) is 0 Å². The zero-order chi connectivity index (χ0) is 47.7. The number of nitrogens with zero attached hydrogens (tertiary/aromatic N) is 10. The molecule has 0 saturated heterocycles. The summed E-state index contributed by atoms with van der Waals surface area (Å²) >= 11 is 0. The number of sulfonamides is 2. The second-order valence-electron chi connectivity index (χ2n) is 12.7. The third kappa shape index (κ3) is 13.7. The zero-order valence-electron chi connectivity index (χ0n) is 36.2. The van der Waals surface area contributed by atoms with Gasteiger partial charge in [-0.1, -0.05) is 12.1 Å². The molecule has 0 atom stereocenters. The summed E-state index contributed by atoms with van der Waals surface area (Å²) in [5.74, 6) is -2.15. The van der Waals surface area contributed by atoms with Crippen LogP contribution in [0.3, 0.4) is 0 Å². The molecule has 2 aromatic carbocycles. The standard InChI is InChI=1S/C18H15F3N6O5S.C16H16N6O4S.CH2O3.2Na.H/c1-11-3-4-14(27(29)30)8-16(11)33(31,32)25(2)22-9-12-10-23-26-6-5-13(7-15(12)26)24-17(28)18(19,20)21;1-11-3-4-14(22(23)24)8-16(11)27(25,26)20(2)18-9-12-10-19-21-6-5-13(17)7-15(12)21;2-1-4-3;;;/h3-10H,1-2H3,(H,24,28);3-10H,17H2,1-2H3;1,3H;;;/q;;;2*+1;-1/p-1/b22-9+;18-9+;;;;. The summed E-state index contributed by atoms with van der Waals surface area (Å²) in [6.45, 7) is 2.85. The Balaban J connectivity index is 0.000000604. The monoisotopic (exact) mass is 980 g/mol. The maximum atomic E-state index is 12.8. The topological polar surface area (TPSA) is 325 Å². The molecule has 0 spiro atoms. The Labute approximate surface area is 416 Å². The Bertz CT molecular complexity index is 3050. The summed E-state index contributed by atoms with van der Waals surface area (Å²) in [7, 11) is -5.94. The number of aryl methyl sites for hydroxylation is 2. The van der Waals surface area contributed by atoms with Crippen molar-refractivity contribution in [2.75, 3.05) is 25.1 Å². The first-order chi connectivity index (χ1) is 29.9. The van der Waals surface area contributed by atoms with Crippen molar-refractivity contribution in [3.63, 3.8) is 0 Å². The number of alkyl halides is 3. The van der Waals surface area contributed by atoms with Gasteiger partial charge in [-0.05, 0) is 49.2 Å². The number of nitrogens with two attached hydrogens (primary N) is 1. The molecule has 0 fully saturated rings. The number of non-ortho nitro benzene ring substituents is 2. The first kappa shape index (κ1) is 56.1. The summed E-state index contributed by atoms with van der Waals surface area (Å²) in [6.07, 6.45) is 3.15. The number of halogens is 3. The third-order valence-electron chi connectivity index (χ3n) is 8.42. The van der Waals surface area contributed by atoms with Gasteiger partial charge in [0.05, 0.1) is 55.5 Å². The number of nitrogen functional groups attached to an aromatic ring is 1. The minimum atomic E-state index is -5.07. The number of nitrogens with one attached hydrogen (secondary N) is 1. The summed E-state index contributed by atoms with van der Waals surface area (Å²) in [4.78, 5) is 42.5. The Hall–Kier alpha value is -6.05. The maximum Gasteiger partial charge on any atom is 1.00 e. The fraction of sp³-hybridized carbons (Fsp3) is 0.143. The van der Waals surface area contributed by atoms with Crippen LogP contribution in [0, 0.1) is 34.1 Å². The molecule has 0 aliphatic rings. The number of carbonyl (C=O) groups excluding carboxylic acids is 2. The van der Waals surface area contributed by atoms with Gasteiger partial charge in [0.15, 0.2) is 0 Å². The van der Waals surface area contributed by atoms with Gasteiger partial charge < -0.3 is 22.6 Å². The van der Waals surface area contributed by atoms with Crippen LogP contribution in [-0.4, -0.2) is 99.8 Å². The fourth-order valence-electron chi connectivity index (χ4n) is 5.15. The number of hydrogen-bond acceptors (Lipinski definition) is 17. The molecule has 1 amide bonds. The summed E-state index contributed by atoms with van der Waals surface area (Å²) in [6, 6.07) is 12.8. The van der Waals surface area contributed by atoms with Gasteiger partial charge in [-0.15, -0.1) is 0 Å². The smallest absolute Gasteiger partial charge is 1.00 e. The zero-order valence-corrected chi connectivity index (χ0v) is 40.8. The maximum absolute atomic E-state index is 12.8. The van der Waals surface area contributed by atoms with Crippen LogP contribution in [0.4, 0.5) is 35.9 Å². The number of nitro groups is 2. The van der Waals surface area contributed by atoms with Crippen molar-refractivity contribution in [3.05, 3.63) is 128 Å². The van der Waals surface area contributed by atoms with Crippen LogP contribution in [0.2, 0.25) is 0 Å². The normalized spacial score (nSPS) is 11.3. The van der Waals surface area contributed by atoms with Gasteiger partial charge in [-0.25, -0.2) is 9.03 Å². The van der Waals surface area contributed by atoms with E-state index in [9.17, 15) is 55.0 Å². The van der Waals surface area contributed by atoms with Crippen LogP contribution in [0.1, 0.15) is 23.7 Å². The first-order valence-electron chi connectivity index (χ1n) is 17.3. The SMILES string of the molecule is Cc1ccc([N+](=O)[O-])cc1S(=O)(=O)N(C)/N=C/c1cnn2ccc(N)cc12.Cc1ccc([N+](=O)[O-])cc1S(=O)(=O)N(C)/N=C/c1cnn2ccc(NC(=O)C(F)(F)F)cc12.O=CO[O-].[H-].[Na+].[Na+]. The van der Waals surface area contributed by atoms with Crippen molar-refractivity contribution >= 4 is 78.6 Å². The number of nitro benzene ring substituents is 2. The van der Waals surface area contributed by atoms with Crippen molar-refractivity contribution in [1.29, 1.82) is 0 Å². The summed E-state index contributed by atoms with van der Waals surface area (Å²) in [5, 5.41) is 48.0. The molecule has 3 N–H and O–H groups in total. The molecule has 24 nitrogen and oxygen atoms in total. The van der Waals surface area contributed by atoms with Gasteiger partial charge in [-0.2, -0.15) is 59.2 Å². The second kappa shape index (κ2) is 23.4. The predicted octanol–water partition coefficient (Wildman–Crippen LogP) is -2.95. The quantitative estimate of drug-likeness (QED) is 0.0309. The number of pyridine rings is 2. The van der Waals surface area contributed by atoms with Crippen LogP contribution < -0.4 is 75.4 Å².